The molecule has 0 saturated carbocycles. The van der Waals surface area contributed by atoms with Crippen molar-refractivity contribution in [2.75, 3.05) is 20.1 Å². The fraction of sp³-hybridized carbons (Fsp3) is 0.333. The Labute approximate surface area is 110 Å². The molecule has 0 aliphatic rings. The summed E-state index contributed by atoms with van der Waals surface area (Å²) in [6, 6.07) is 2.63. The summed E-state index contributed by atoms with van der Waals surface area (Å²) >= 11 is 0. The van der Waals surface area contributed by atoms with Gasteiger partial charge in [-0.1, -0.05) is 0 Å². The van der Waals surface area contributed by atoms with Crippen molar-refractivity contribution in [3.63, 3.8) is 0 Å². The zero-order valence-corrected chi connectivity index (χ0v) is 10.7. The van der Waals surface area contributed by atoms with Crippen LogP contribution in [0, 0.1) is 0 Å². The lowest BCUT2D eigenvalue weighted by Gasteiger charge is -2.19. The van der Waals surface area contributed by atoms with Crippen molar-refractivity contribution in [1.29, 1.82) is 0 Å². The molecule has 0 atom stereocenters. The molecular formula is C12H15N3O4. The van der Waals surface area contributed by atoms with Gasteiger partial charge in [0.2, 0.25) is 5.91 Å². The van der Waals surface area contributed by atoms with Gasteiger partial charge in [0.25, 0.3) is 5.91 Å². The largest absolute Gasteiger partial charge is 0.478 e. The van der Waals surface area contributed by atoms with Gasteiger partial charge < -0.3 is 15.3 Å². The molecule has 2 amide bonds. The average molecular weight is 265 g/mol. The number of amides is 2. The van der Waals surface area contributed by atoms with Crippen molar-refractivity contribution >= 4 is 17.8 Å². The Morgan fingerprint density at radius 1 is 1.37 bits per heavy atom. The summed E-state index contributed by atoms with van der Waals surface area (Å²) in [4.78, 5) is 39.1. The number of likely N-dealkylation sites (N-methyl/N-ethyl adjacent to an activating group) is 2. The number of aromatic nitrogens is 1. The fourth-order valence-corrected chi connectivity index (χ4v) is 1.39. The fourth-order valence-electron chi connectivity index (χ4n) is 1.39. The minimum Gasteiger partial charge on any atom is -0.478 e. The number of pyridine rings is 1. The lowest BCUT2D eigenvalue weighted by Crippen LogP contribution is -2.39. The number of hydrogen-bond donors (Lipinski definition) is 2. The molecule has 0 saturated heterocycles. The Bertz CT molecular complexity index is 484. The monoisotopic (exact) mass is 265 g/mol. The molecule has 0 aliphatic heterocycles. The van der Waals surface area contributed by atoms with Crippen molar-refractivity contribution in [2.24, 2.45) is 0 Å². The van der Waals surface area contributed by atoms with E-state index >= 15 is 0 Å². The van der Waals surface area contributed by atoms with Crippen LogP contribution in [0.4, 0.5) is 0 Å². The summed E-state index contributed by atoms with van der Waals surface area (Å²) in [6.07, 6.45) is 1.11. The summed E-state index contributed by atoms with van der Waals surface area (Å²) in [5.74, 6) is -1.80. The van der Waals surface area contributed by atoms with Gasteiger partial charge in [0.15, 0.2) is 0 Å². The molecule has 1 rings (SSSR count). The molecule has 0 aromatic carbocycles. The number of hydrogen-bond acceptors (Lipinski definition) is 4. The molecule has 1 aromatic rings. The SMILES string of the molecule is CCN(CC(=O)NC)C(=O)c1ccc(C(=O)O)cn1. The second-order valence-electron chi connectivity index (χ2n) is 3.73. The van der Waals surface area contributed by atoms with Crippen molar-refractivity contribution in [3.8, 4) is 0 Å². The Hall–Kier alpha value is -2.44. The number of carboxylic acids is 1. The summed E-state index contributed by atoms with van der Waals surface area (Å²) in [7, 11) is 1.49. The van der Waals surface area contributed by atoms with Crippen LogP contribution in [0.25, 0.3) is 0 Å². The van der Waals surface area contributed by atoms with Crippen molar-refractivity contribution < 1.29 is 19.5 Å². The van der Waals surface area contributed by atoms with Crippen LogP contribution in [-0.4, -0.2) is 52.9 Å². The summed E-state index contributed by atoms with van der Waals surface area (Å²) in [5.41, 5.74) is 0.113. The van der Waals surface area contributed by atoms with Crippen LogP contribution >= 0.6 is 0 Å². The average Bonchev–Trinajstić information content (AvgIpc) is 2.43. The third-order valence-electron chi connectivity index (χ3n) is 2.51. The molecule has 102 valence electrons. The first-order valence-corrected chi connectivity index (χ1v) is 5.68. The Kier molecular flexibility index (Phi) is 4.99. The first-order chi connectivity index (χ1) is 8.99. The third-order valence-corrected chi connectivity index (χ3v) is 2.51. The molecule has 1 aromatic heterocycles. The van der Waals surface area contributed by atoms with Gasteiger partial charge in [-0.3, -0.25) is 14.6 Å². The highest BCUT2D eigenvalue weighted by atomic mass is 16.4. The predicted octanol–water partition coefficient (Wildman–Crippen LogP) is -0.0121. The van der Waals surface area contributed by atoms with Crippen LogP contribution in [0.5, 0.6) is 0 Å². The van der Waals surface area contributed by atoms with Gasteiger partial charge in [0, 0.05) is 19.8 Å². The number of nitrogens with zero attached hydrogens (tertiary/aromatic N) is 2. The minimum atomic E-state index is -1.11. The highest BCUT2D eigenvalue weighted by Gasteiger charge is 2.18. The van der Waals surface area contributed by atoms with E-state index in [1.165, 1.54) is 24.1 Å². The molecular weight excluding hydrogens is 250 g/mol. The zero-order chi connectivity index (χ0) is 14.4. The highest BCUT2D eigenvalue weighted by molar-refractivity contribution is 5.95. The molecule has 0 fully saturated rings. The van der Waals surface area contributed by atoms with E-state index in [0.29, 0.717) is 6.54 Å². The van der Waals surface area contributed by atoms with Gasteiger partial charge in [-0.25, -0.2) is 4.79 Å². The van der Waals surface area contributed by atoms with E-state index < -0.39 is 11.9 Å². The van der Waals surface area contributed by atoms with Crippen molar-refractivity contribution in [2.45, 2.75) is 6.92 Å². The molecule has 7 heteroatoms. The molecule has 1 heterocycles. The first kappa shape index (κ1) is 14.6. The molecule has 0 aliphatic carbocycles. The smallest absolute Gasteiger partial charge is 0.337 e. The van der Waals surface area contributed by atoms with Crippen LogP contribution in [0.2, 0.25) is 0 Å². The standard InChI is InChI=1S/C12H15N3O4/c1-3-15(7-10(16)13-2)11(17)9-5-4-8(6-14-9)12(18)19/h4-6H,3,7H2,1-2H3,(H,13,16)(H,18,19). The number of carbonyl (C=O) groups excluding carboxylic acids is 2. The van der Waals surface area contributed by atoms with Gasteiger partial charge in [0.05, 0.1) is 12.1 Å². The van der Waals surface area contributed by atoms with Crippen molar-refractivity contribution in [1.82, 2.24) is 15.2 Å². The summed E-state index contributed by atoms with van der Waals surface area (Å²) < 4.78 is 0. The topological polar surface area (TPSA) is 99.6 Å². The van der Waals surface area contributed by atoms with Crippen LogP contribution in [0.15, 0.2) is 18.3 Å². The van der Waals surface area contributed by atoms with E-state index in [-0.39, 0.29) is 23.7 Å². The number of nitrogens with one attached hydrogen (secondary N) is 1. The molecule has 0 radical (unpaired) electrons. The van der Waals surface area contributed by atoms with Gasteiger partial charge >= 0.3 is 5.97 Å². The molecule has 19 heavy (non-hydrogen) atoms. The van der Waals surface area contributed by atoms with E-state index in [4.69, 9.17) is 5.11 Å². The lowest BCUT2D eigenvalue weighted by molar-refractivity contribution is -0.121. The second kappa shape index (κ2) is 6.48. The molecule has 2 N–H and O–H groups in total. The van der Waals surface area contributed by atoms with Gasteiger partial charge in [-0.05, 0) is 19.1 Å². The first-order valence-electron chi connectivity index (χ1n) is 5.68. The van der Waals surface area contributed by atoms with Gasteiger partial charge in [-0.2, -0.15) is 0 Å². The van der Waals surface area contributed by atoms with Gasteiger partial charge in [-0.15, -0.1) is 0 Å². The van der Waals surface area contributed by atoms with E-state index in [1.807, 2.05) is 0 Å². The van der Waals surface area contributed by atoms with E-state index in [1.54, 1.807) is 6.92 Å². The quantitative estimate of drug-likeness (QED) is 0.780. The highest BCUT2D eigenvalue weighted by Crippen LogP contribution is 2.04. The van der Waals surface area contributed by atoms with Crippen LogP contribution in [0.3, 0.4) is 0 Å². The Balaban J connectivity index is 2.85. The van der Waals surface area contributed by atoms with Crippen molar-refractivity contribution in [3.05, 3.63) is 29.6 Å². The molecule has 0 spiro atoms. The Morgan fingerprint density at radius 3 is 2.47 bits per heavy atom. The zero-order valence-electron chi connectivity index (χ0n) is 10.7. The van der Waals surface area contributed by atoms with E-state index in [2.05, 4.69) is 10.3 Å². The molecule has 0 unspecified atom stereocenters. The number of aromatic carboxylic acids is 1. The minimum absolute atomic E-state index is 0.00546. The normalized spacial score (nSPS) is 9.79. The van der Waals surface area contributed by atoms with E-state index in [9.17, 15) is 14.4 Å². The Morgan fingerprint density at radius 2 is 2.05 bits per heavy atom. The third kappa shape index (κ3) is 3.77. The second-order valence-corrected chi connectivity index (χ2v) is 3.73. The maximum atomic E-state index is 12.0. The van der Waals surface area contributed by atoms with Crippen LogP contribution in [-0.2, 0) is 4.79 Å². The predicted molar refractivity (Wildman–Crippen MR) is 66.8 cm³/mol. The van der Waals surface area contributed by atoms with Gasteiger partial charge in [0.1, 0.15) is 5.69 Å². The maximum Gasteiger partial charge on any atom is 0.337 e. The molecule has 7 nitrogen and oxygen atoms in total. The van der Waals surface area contributed by atoms with Crippen LogP contribution < -0.4 is 5.32 Å². The number of rotatable bonds is 5. The van der Waals surface area contributed by atoms with Crippen LogP contribution in [0.1, 0.15) is 27.8 Å². The van der Waals surface area contributed by atoms with E-state index in [0.717, 1.165) is 6.20 Å². The summed E-state index contributed by atoms with van der Waals surface area (Å²) in [6.45, 7) is 2.04. The number of carbonyl (C=O) groups is 3. The summed E-state index contributed by atoms with van der Waals surface area (Å²) in [5, 5.41) is 11.2. The number of carboxylic acid groups (broad SMARTS) is 1. The lowest BCUT2D eigenvalue weighted by atomic mass is 10.2. The maximum absolute atomic E-state index is 12.0. The molecule has 0 bridgehead atoms.